The van der Waals surface area contributed by atoms with Gasteiger partial charge in [-0.3, -0.25) is 4.79 Å². The average molecular weight is 386 g/mol. The summed E-state index contributed by atoms with van der Waals surface area (Å²) in [6.45, 7) is 4.08. The van der Waals surface area contributed by atoms with Gasteiger partial charge in [-0.2, -0.15) is 5.10 Å². The summed E-state index contributed by atoms with van der Waals surface area (Å²) in [4.78, 5) is 17.1. The number of pyridine rings is 1. The molecule has 29 heavy (non-hydrogen) atoms. The number of fused-ring (bicyclic) bond motifs is 1. The average Bonchev–Trinajstić information content (AvgIpc) is 3.04. The van der Waals surface area contributed by atoms with Crippen molar-refractivity contribution in [3.05, 3.63) is 72.1 Å². The molecule has 0 radical (unpaired) electrons. The molecule has 0 aliphatic heterocycles. The Kier molecular flexibility index (Phi) is 4.99. The number of hydrogen-bond donors (Lipinski definition) is 1. The van der Waals surface area contributed by atoms with Crippen LogP contribution in [0.1, 0.15) is 11.3 Å². The molecule has 146 valence electrons. The van der Waals surface area contributed by atoms with E-state index in [0.717, 1.165) is 22.2 Å². The van der Waals surface area contributed by atoms with E-state index in [0.29, 0.717) is 17.1 Å². The van der Waals surface area contributed by atoms with Crippen molar-refractivity contribution in [3.63, 3.8) is 0 Å². The van der Waals surface area contributed by atoms with Crippen LogP contribution in [0.5, 0.6) is 5.75 Å². The molecule has 6 nitrogen and oxygen atoms in total. The first-order valence-electron chi connectivity index (χ1n) is 9.38. The fourth-order valence-electron chi connectivity index (χ4n) is 3.40. The second-order valence-electron chi connectivity index (χ2n) is 6.95. The van der Waals surface area contributed by atoms with Gasteiger partial charge in [-0.1, -0.05) is 35.9 Å². The SMILES string of the molecule is COc1cccc(NC(=O)Cn2nc(C)c3c(-c4ccc(C)cc4)ccnc32)c1. The van der Waals surface area contributed by atoms with Gasteiger partial charge in [-0.05, 0) is 43.2 Å². The van der Waals surface area contributed by atoms with Crippen LogP contribution in [0.4, 0.5) is 5.69 Å². The van der Waals surface area contributed by atoms with Gasteiger partial charge in [0.1, 0.15) is 12.3 Å². The topological polar surface area (TPSA) is 69.0 Å². The summed E-state index contributed by atoms with van der Waals surface area (Å²) < 4.78 is 6.85. The van der Waals surface area contributed by atoms with Crippen LogP contribution >= 0.6 is 0 Å². The third-order valence-corrected chi connectivity index (χ3v) is 4.82. The van der Waals surface area contributed by atoms with Gasteiger partial charge in [0.2, 0.25) is 5.91 Å². The fourth-order valence-corrected chi connectivity index (χ4v) is 3.40. The number of aromatic nitrogens is 3. The standard InChI is InChI=1S/C23H22N4O2/c1-15-7-9-17(10-8-15)20-11-12-24-23-22(20)16(2)26-27(23)14-21(28)25-18-5-4-6-19(13-18)29-3/h4-13H,14H2,1-3H3,(H,25,28). The third-order valence-electron chi connectivity index (χ3n) is 4.82. The molecule has 6 heteroatoms. The van der Waals surface area contributed by atoms with E-state index in [1.165, 1.54) is 5.56 Å². The van der Waals surface area contributed by atoms with Gasteiger partial charge in [0.15, 0.2) is 5.65 Å². The Morgan fingerprint density at radius 3 is 2.66 bits per heavy atom. The zero-order chi connectivity index (χ0) is 20.4. The van der Waals surface area contributed by atoms with E-state index in [1.54, 1.807) is 24.1 Å². The summed E-state index contributed by atoms with van der Waals surface area (Å²) in [7, 11) is 1.59. The van der Waals surface area contributed by atoms with E-state index >= 15 is 0 Å². The highest BCUT2D eigenvalue weighted by Gasteiger charge is 2.16. The van der Waals surface area contributed by atoms with Gasteiger partial charge in [0.25, 0.3) is 0 Å². The molecule has 0 fully saturated rings. The summed E-state index contributed by atoms with van der Waals surface area (Å²) in [6, 6.07) is 17.6. The monoisotopic (exact) mass is 386 g/mol. The number of methoxy groups -OCH3 is 1. The Balaban J connectivity index is 1.64. The van der Waals surface area contributed by atoms with Crippen molar-refractivity contribution in [1.29, 1.82) is 0 Å². The smallest absolute Gasteiger partial charge is 0.246 e. The normalized spacial score (nSPS) is 10.9. The molecule has 4 aromatic rings. The molecule has 2 heterocycles. The van der Waals surface area contributed by atoms with Gasteiger partial charge < -0.3 is 10.1 Å². The van der Waals surface area contributed by atoms with Gasteiger partial charge in [0, 0.05) is 23.3 Å². The third kappa shape index (κ3) is 3.82. The highest BCUT2D eigenvalue weighted by Crippen LogP contribution is 2.30. The second kappa shape index (κ2) is 7.75. The van der Waals surface area contributed by atoms with Crippen LogP contribution in [0, 0.1) is 13.8 Å². The van der Waals surface area contributed by atoms with Crippen LogP contribution < -0.4 is 10.1 Å². The minimum atomic E-state index is -0.176. The fraction of sp³-hybridized carbons (Fsp3) is 0.174. The second-order valence-corrected chi connectivity index (χ2v) is 6.95. The predicted octanol–water partition coefficient (Wildman–Crippen LogP) is 4.36. The Hall–Kier alpha value is -3.67. The molecule has 2 aromatic carbocycles. The Morgan fingerprint density at radius 1 is 1.10 bits per heavy atom. The summed E-state index contributed by atoms with van der Waals surface area (Å²) in [5, 5.41) is 8.42. The van der Waals surface area contributed by atoms with E-state index < -0.39 is 0 Å². The summed E-state index contributed by atoms with van der Waals surface area (Å²) in [5.74, 6) is 0.512. The van der Waals surface area contributed by atoms with Crippen LogP contribution in [0.2, 0.25) is 0 Å². The molecule has 0 atom stereocenters. The maximum absolute atomic E-state index is 12.6. The van der Waals surface area contributed by atoms with Crippen molar-refractivity contribution in [2.24, 2.45) is 0 Å². The largest absolute Gasteiger partial charge is 0.497 e. The van der Waals surface area contributed by atoms with Crippen LogP contribution in [0.3, 0.4) is 0 Å². The summed E-state index contributed by atoms with van der Waals surface area (Å²) >= 11 is 0. The van der Waals surface area contributed by atoms with E-state index in [4.69, 9.17) is 4.74 Å². The van der Waals surface area contributed by atoms with Crippen molar-refractivity contribution in [2.45, 2.75) is 20.4 Å². The Morgan fingerprint density at radius 2 is 1.90 bits per heavy atom. The van der Waals surface area contributed by atoms with Crippen molar-refractivity contribution in [1.82, 2.24) is 14.8 Å². The van der Waals surface area contributed by atoms with Crippen molar-refractivity contribution >= 4 is 22.6 Å². The molecule has 1 N–H and O–H groups in total. The molecule has 0 spiro atoms. The molecule has 0 bridgehead atoms. The molecular formula is C23H22N4O2. The van der Waals surface area contributed by atoms with Gasteiger partial charge >= 0.3 is 0 Å². The number of ether oxygens (including phenoxy) is 1. The first-order valence-corrected chi connectivity index (χ1v) is 9.38. The number of nitrogens with one attached hydrogen (secondary N) is 1. The number of carbonyl (C=O) groups is 1. The minimum Gasteiger partial charge on any atom is -0.497 e. The first kappa shape index (κ1) is 18.7. The first-order chi connectivity index (χ1) is 14.0. The summed E-state index contributed by atoms with van der Waals surface area (Å²) in [5.41, 5.74) is 5.59. The Labute approximate surface area is 169 Å². The molecule has 0 unspecified atom stereocenters. The number of carbonyl (C=O) groups excluding carboxylic acids is 1. The number of nitrogens with zero attached hydrogens (tertiary/aromatic N) is 3. The van der Waals surface area contributed by atoms with E-state index in [9.17, 15) is 4.79 Å². The predicted molar refractivity (Wildman–Crippen MR) is 114 cm³/mol. The lowest BCUT2D eigenvalue weighted by atomic mass is 10.0. The molecule has 0 saturated carbocycles. The minimum absolute atomic E-state index is 0.0753. The quantitative estimate of drug-likeness (QED) is 0.553. The zero-order valence-electron chi connectivity index (χ0n) is 16.6. The molecule has 0 aliphatic carbocycles. The van der Waals surface area contributed by atoms with Gasteiger partial charge in [-0.15, -0.1) is 0 Å². The highest BCUT2D eigenvalue weighted by atomic mass is 16.5. The number of rotatable bonds is 5. The van der Waals surface area contributed by atoms with Gasteiger partial charge in [0.05, 0.1) is 12.8 Å². The van der Waals surface area contributed by atoms with Crippen LogP contribution in [0.15, 0.2) is 60.8 Å². The van der Waals surface area contributed by atoms with Gasteiger partial charge in [-0.25, -0.2) is 9.67 Å². The maximum atomic E-state index is 12.6. The van der Waals surface area contributed by atoms with Crippen molar-refractivity contribution in [3.8, 4) is 16.9 Å². The zero-order valence-corrected chi connectivity index (χ0v) is 16.6. The molecular weight excluding hydrogens is 364 g/mol. The number of benzene rings is 2. The lowest BCUT2D eigenvalue weighted by Gasteiger charge is -2.08. The lowest BCUT2D eigenvalue weighted by molar-refractivity contribution is -0.116. The van der Waals surface area contributed by atoms with E-state index in [-0.39, 0.29) is 12.5 Å². The highest BCUT2D eigenvalue weighted by molar-refractivity contribution is 5.96. The maximum Gasteiger partial charge on any atom is 0.246 e. The molecule has 1 amide bonds. The molecule has 0 aliphatic rings. The molecule has 0 saturated heterocycles. The number of anilines is 1. The number of amides is 1. The Bertz CT molecular complexity index is 1180. The number of hydrogen-bond acceptors (Lipinski definition) is 4. The molecule has 4 rings (SSSR count). The van der Waals surface area contributed by atoms with Crippen LogP contribution in [0.25, 0.3) is 22.2 Å². The number of aryl methyl sites for hydroxylation is 2. The van der Waals surface area contributed by atoms with E-state index in [2.05, 4.69) is 46.6 Å². The van der Waals surface area contributed by atoms with Crippen LogP contribution in [-0.2, 0) is 11.3 Å². The lowest BCUT2D eigenvalue weighted by Crippen LogP contribution is -2.19. The van der Waals surface area contributed by atoms with Crippen molar-refractivity contribution in [2.75, 3.05) is 12.4 Å². The summed E-state index contributed by atoms with van der Waals surface area (Å²) in [6.07, 6.45) is 1.76. The van der Waals surface area contributed by atoms with Crippen molar-refractivity contribution < 1.29 is 9.53 Å². The van der Waals surface area contributed by atoms with E-state index in [1.807, 2.05) is 31.2 Å². The molecule has 2 aromatic heterocycles. The van der Waals surface area contributed by atoms with Crippen LogP contribution in [-0.4, -0.2) is 27.8 Å².